The molecule has 0 N–H and O–H groups in total. The number of carbonyl (C=O) groups is 1. The Morgan fingerprint density at radius 2 is 1.80 bits per heavy atom. The molecule has 4 nitrogen and oxygen atoms in total. The molecule has 0 spiro atoms. The molecule has 0 unspecified atom stereocenters. The van der Waals surface area contributed by atoms with Crippen molar-refractivity contribution < 1.29 is 9.53 Å². The van der Waals surface area contributed by atoms with Gasteiger partial charge in [0.25, 0.3) is 5.91 Å². The van der Waals surface area contributed by atoms with Crippen molar-refractivity contribution in [2.75, 3.05) is 33.3 Å². The minimum Gasteiger partial charge on any atom is -0.497 e. The topological polar surface area (TPSA) is 32.8 Å². The minimum absolute atomic E-state index is 0.0821. The molecule has 0 aromatic heterocycles. The lowest BCUT2D eigenvalue weighted by molar-refractivity contribution is 0.0628. The predicted octanol–water partition coefficient (Wildman–Crippen LogP) is 3.91. The van der Waals surface area contributed by atoms with Crippen molar-refractivity contribution in [1.82, 2.24) is 9.80 Å². The lowest BCUT2D eigenvalue weighted by Crippen LogP contribution is -2.48. The first-order valence-corrected chi connectivity index (χ1v) is 9.62. The molecule has 0 radical (unpaired) electrons. The number of rotatable bonds is 4. The van der Waals surface area contributed by atoms with E-state index < -0.39 is 0 Å². The van der Waals surface area contributed by atoms with Crippen LogP contribution in [0.5, 0.6) is 5.75 Å². The molecule has 3 rings (SSSR count). The summed E-state index contributed by atoms with van der Waals surface area (Å²) in [4.78, 5) is 16.9. The van der Waals surface area contributed by atoms with Gasteiger partial charge in [-0.15, -0.1) is 0 Å². The maximum absolute atomic E-state index is 12.6. The fraction of sp³-hybridized carbons (Fsp3) is 0.316. The van der Waals surface area contributed by atoms with Crippen LogP contribution in [0.2, 0.25) is 5.02 Å². The molecule has 1 amide bonds. The molecule has 0 bridgehead atoms. The Labute approximate surface area is 166 Å². The van der Waals surface area contributed by atoms with E-state index in [1.54, 1.807) is 19.2 Å². The molecule has 1 heterocycles. The first-order valence-electron chi connectivity index (χ1n) is 8.16. The summed E-state index contributed by atoms with van der Waals surface area (Å²) < 4.78 is 6.10. The van der Waals surface area contributed by atoms with Crippen LogP contribution in [0.25, 0.3) is 0 Å². The lowest BCUT2D eigenvalue weighted by atomic mass is 10.1. The zero-order valence-corrected chi connectivity index (χ0v) is 17.0. The van der Waals surface area contributed by atoms with Crippen LogP contribution >= 0.6 is 34.2 Å². The Morgan fingerprint density at radius 3 is 2.40 bits per heavy atom. The molecule has 1 aliphatic rings. The average molecular weight is 471 g/mol. The van der Waals surface area contributed by atoms with E-state index >= 15 is 0 Å². The SMILES string of the molecule is COc1ccc(CN2CCN(C(=O)c3ccc(Cl)c(I)c3)CC2)cc1. The lowest BCUT2D eigenvalue weighted by Gasteiger charge is -2.34. The molecular weight excluding hydrogens is 451 g/mol. The van der Waals surface area contributed by atoms with Gasteiger partial charge in [0.2, 0.25) is 0 Å². The van der Waals surface area contributed by atoms with Crippen LogP contribution in [0.3, 0.4) is 0 Å². The average Bonchev–Trinajstić information content (AvgIpc) is 2.65. The first-order chi connectivity index (χ1) is 12.1. The first kappa shape index (κ1) is 18.5. The fourth-order valence-corrected chi connectivity index (χ4v) is 3.54. The maximum Gasteiger partial charge on any atom is 0.253 e. The van der Waals surface area contributed by atoms with Gasteiger partial charge in [0, 0.05) is 41.9 Å². The van der Waals surface area contributed by atoms with E-state index in [0.717, 1.165) is 42.0 Å². The third-order valence-corrected chi connectivity index (χ3v) is 5.93. The molecule has 6 heteroatoms. The molecular formula is C19H20ClIN2O2. The van der Waals surface area contributed by atoms with Crippen molar-refractivity contribution >= 4 is 40.1 Å². The van der Waals surface area contributed by atoms with Crippen LogP contribution in [0, 0.1) is 3.57 Å². The normalized spacial score (nSPS) is 15.2. The summed E-state index contributed by atoms with van der Waals surface area (Å²) in [6.07, 6.45) is 0. The third-order valence-electron chi connectivity index (χ3n) is 4.39. The van der Waals surface area contributed by atoms with E-state index in [2.05, 4.69) is 39.6 Å². The minimum atomic E-state index is 0.0821. The molecule has 2 aromatic rings. The highest BCUT2D eigenvalue weighted by Gasteiger charge is 2.22. The van der Waals surface area contributed by atoms with Gasteiger partial charge in [0.1, 0.15) is 5.75 Å². The zero-order valence-electron chi connectivity index (χ0n) is 14.0. The van der Waals surface area contributed by atoms with Gasteiger partial charge in [0.15, 0.2) is 0 Å². The molecule has 1 aliphatic heterocycles. The molecule has 25 heavy (non-hydrogen) atoms. The van der Waals surface area contributed by atoms with E-state index in [4.69, 9.17) is 16.3 Å². The van der Waals surface area contributed by atoms with Gasteiger partial charge < -0.3 is 9.64 Å². The monoisotopic (exact) mass is 470 g/mol. The van der Waals surface area contributed by atoms with E-state index in [1.165, 1.54) is 5.56 Å². The summed E-state index contributed by atoms with van der Waals surface area (Å²) in [5.41, 5.74) is 1.96. The summed E-state index contributed by atoms with van der Waals surface area (Å²) >= 11 is 8.19. The molecule has 0 aliphatic carbocycles. The number of piperazine rings is 1. The van der Waals surface area contributed by atoms with Gasteiger partial charge in [-0.3, -0.25) is 9.69 Å². The quantitative estimate of drug-likeness (QED) is 0.635. The number of hydrogen-bond donors (Lipinski definition) is 0. The van der Waals surface area contributed by atoms with E-state index in [9.17, 15) is 4.79 Å². The van der Waals surface area contributed by atoms with Crippen molar-refractivity contribution in [2.45, 2.75) is 6.54 Å². The van der Waals surface area contributed by atoms with Crippen LogP contribution in [0.4, 0.5) is 0 Å². The smallest absolute Gasteiger partial charge is 0.253 e. The summed E-state index contributed by atoms with van der Waals surface area (Å²) in [6, 6.07) is 13.6. The van der Waals surface area contributed by atoms with E-state index in [0.29, 0.717) is 10.6 Å². The number of carbonyl (C=O) groups excluding carboxylic acids is 1. The number of amides is 1. The van der Waals surface area contributed by atoms with E-state index in [-0.39, 0.29) is 5.91 Å². The Hall–Kier alpha value is -1.31. The van der Waals surface area contributed by atoms with Gasteiger partial charge in [0.05, 0.1) is 12.1 Å². The van der Waals surface area contributed by atoms with Crippen molar-refractivity contribution in [3.8, 4) is 5.75 Å². The second-order valence-corrected chi connectivity index (χ2v) is 7.61. The van der Waals surface area contributed by atoms with Crippen LogP contribution in [-0.2, 0) is 6.54 Å². The van der Waals surface area contributed by atoms with Crippen LogP contribution in [0.15, 0.2) is 42.5 Å². The number of nitrogens with zero attached hydrogens (tertiary/aromatic N) is 2. The number of benzene rings is 2. The Morgan fingerprint density at radius 1 is 1.12 bits per heavy atom. The largest absolute Gasteiger partial charge is 0.497 e. The Bertz CT molecular complexity index is 744. The fourth-order valence-electron chi connectivity index (χ4n) is 2.91. The number of hydrogen-bond acceptors (Lipinski definition) is 3. The summed E-state index contributed by atoms with van der Waals surface area (Å²) in [5.74, 6) is 0.954. The van der Waals surface area contributed by atoms with Crippen LogP contribution in [-0.4, -0.2) is 49.0 Å². The standard InChI is InChI=1S/C19H20ClIN2O2/c1-25-16-5-2-14(3-6-16)13-22-8-10-23(11-9-22)19(24)15-4-7-17(20)18(21)12-15/h2-7,12H,8-11,13H2,1H3. The molecule has 0 atom stereocenters. The Kier molecular flexibility index (Phi) is 6.19. The summed E-state index contributed by atoms with van der Waals surface area (Å²) in [5, 5.41) is 0.682. The Balaban J connectivity index is 1.55. The van der Waals surface area contributed by atoms with Crippen molar-refractivity contribution in [3.05, 3.63) is 62.2 Å². The molecule has 132 valence electrons. The van der Waals surface area contributed by atoms with Gasteiger partial charge in [-0.05, 0) is 58.5 Å². The molecule has 1 fully saturated rings. The predicted molar refractivity (Wildman–Crippen MR) is 108 cm³/mol. The third kappa shape index (κ3) is 4.65. The number of halogens is 2. The molecule has 2 aromatic carbocycles. The highest BCUT2D eigenvalue weighted by molar-refractivity contribution is 14.1. The van der Waals surface area contributed by atoms with E-state index in [1.807, 2.05) is 23.1 Å². The van der Waals surface area contributed by atoms with Crippen molar-refractivity contribution in [1.29, 1.82) is 0 Å². The second kappa shape index (κ2) is 8.38. The number of methoxy groups -OCH3 is 1. The highest BCUT2D eigenvalue weighted by atomic mass is 127. The highest BCUT2D eigenvalue weighted by Crippen LogP contribution is 2.21. The summed E-state index contributed by atoms with van der Waals surface area (Å²) in [7, 11) is 1.67. The number of ether oxygens (including phenoxy) is 1. The second-order valence-electron chi connectivity index (χ2n) is 6.05. The van der Waals surface area contributed by atoms with Gasteiger partial charge in [-0.2, -0.15) is 0 Å². The van der Waals surface area contributed by atoms with Crippen LogP contribution < -0.4 is 4.74 Å². The maximum atomic E-state index is 12.6. The van der Waals surface area contributed by atoms with Gasteiger partial charge >= 0.3 is 0 Å². The van der Waals surface area contributed by atoms with Crippen LogP contribution in [0.1, 0.15) is 15.9 Å². The zero-order chi connectivity index (χ0) is 17.8. The van der Waals surface area contributed by atoms with Crippen molar-refractivity contribution in [2.24, 2.45) is 0 Å². The summed E-state index contributed by atoms with van der Waals surface area (Å²) in [6.45, 7) is 4.14. The van der Waals surface area contributed by atoms with Crippen molar-refractivity contribution in [3.63, 3.8) is 0 Å². The molecule has 1 saturated heterocycles. The molecule has 0 saturated carbocycles. The van der Waals surface area contributed by atoms with Gasteiger partial charge in [-0.25, -0.2) is 0 Å². The van der Waals surface area contributed by atoms with Gasteiger partial charge in [-0.1, -0.05) is 23.7 Å².